The van der Waals surface area contributed by atoms with E-state index in [4.69, 9.17) is 4.74 Å². The molecule has 4 rings (SSSR count). The van der Waals surface area contributed by atoms with Crippen LogP contribution in [0.5, 0.6) is 5.75 Å². The van der Waals surface area contributed by atoms with Gasteiger partial charge in [-0.15, -0.1) is 0 Å². The number of nitrogens with zero attached hydrogens (tertiary/aromatic N) is 4. The smallest absolute Gasteiger partial charge is 0.142 e. The van der Waals surface area contributed by atoms with Crippen LogP contribution < -0.4 is 9.64 Å². The van der Waals surface area contributed by atoms with Crippen LogP contribution in [0.15, 0.2) is 48.8 Å². The molecule has 144 valence electrons. The van der Waals surface area contributed by atoms with Crippen LogP contribution in [0, 0.1) is 0 Å². The first-order chi connectivity index (χ1) is 13.3. The summed E-state index contributed by atoms with van der Waals surface area (Å²) >= 11 is 0. The number of methoxy groups -OCH3 is 1. The number of hydrogen-bond donors (Lipinski definition) is 0. The van der Waals surface area contributed by atoms with Gasteiger partial charge in [0.05, 0.1) is 12.8 Å². The summed E-state index contributed by atoms with van der Waals surface area (Å²) in [5.74, 6) is 0.979. The van der Waals surface area contributed by atoms with Gasteiger partial charge in [0.2, 0.25) is 0 Å². The number of ether oxygens (including phenoxy) is 1. The Morgan fingerprint density at radius 3 is 2.56 bits per heavy atom. The predicted molar refractivity (Wildman–Crippen MR) is 109 cm³/mol. The molecule has 0 bridgehead atoms. The highest BCUT2D eigenvalue weighted by Gasteiger charge is 2.28. The third-order valence-corrected chi connectivity index (χ3v) is 5.89. The van der Waals surface area contributed by atoms with Crippen molar-refractivity contribution in [2.75, 3.05) is 51.3 Å². The van der Waals surface area contributed by atoms with Crippen LogP contribution in [-0.4, -0.2) is 67.2 Å². The number of benzene rings is 1. The van der Waals surface area contributed by atoms with Crippen LogP contribution in [0.1, 0.15) is 18.4 Å². The first-order valence-corrected chi connectivity index (χ1v) is 10.1. The molecule has 0 amide bonds. The fourth-order valence-corrected chi connectivity index (χ4v) is 4.44. The lowest BCUT2D eigenvalue weighted by Crippen LogP contribution is -2.55. The Labute approximate surface area is 162 Å². The standard InChI is InChI=1S/C22H30N4O/c1-27-22-7-3-2-6-21(22)26-15-13-25(14-16-26)20-5-4-12-24(18-20)17-19-8-10-23-11-9-19/h2-3,6-11,20H,4-5,12-18H2,1H3/t20-/m1/s1. The molecule has 5 nitrogen and oxygen atoms in total. The fraction of sp³-hybridized carbons (Fsp3) is 0.500. The van der Waals surface area contributed by atoms with Crippen molar-refractivity contribution in [1.29, 1.82) is 0 Å². The normalized spacial score (nSPS) is 22.0. The van der Waals surface area contributed by atoms with Crippen molar-refractivity contribution in [3.8, 4) is 5.75 Å². The van der Waals surface area contributed by atoms with Crippen LogP contribution in [-0.2, 0) is 6.54 Å². The molecule has 1 atom stereocenters. The quantitative estimate of drug-likeness (QED) is 0.812. The van der Waals surface area contributed by atoms with E-state index in [0.29, 0.717) is 6.04 Å². The van der Waals surface area contributed by atoms with E-state index >= 15 is 0 Å². The first kappa shape index (κ1) is 18.3. The summed E-state index contributed by atoms with van der Waals surface area (Å²) in [5, 5.41) is 0. The number of rotatable bonds is 5. The second kappa shape index (κ2) is 8.72. The fourth-order valence-electron chi connectivity index (χ4n) is 4.44. The maximum Gasteiger partial charge on any atom is 0.142 e. The van der Waals surface area contributed by atoms with E-state index in [9.17, 15) is 0 Å². The number of likely N-dealkylation sites (tertiary alicyclic amines) is 1. The van der Waals surface area contributed by atoms with Gasteiger partial charge in [-0.2, -0.15) is 0 Å². The number of anilines is 1. The number of para-hydroxylation sites is 2. The highest BCUT2D eigenvalue weighted by atomic mass is 16.5. The molecule has 1 aromatic heterocycles. The van der Waals surface area contributed by atoms with E-state index in [1.165, 1.54) is 37.2 Å². The third kappa shape index (κ3) is 4.42. The molecule has 0 unspecified atom stereocenters. The van der Waals surface area contributed by atoms with Gasteiger partial charge < -0.3 is 9.64 Å². The van der Waals surface area contributed by atoms with E-state index in [1.54, 1.807) is 7.11 Å². The number of hydrogen-bond acceptors (Lipinski definition) is 5. The van der Waals surface area contributed by atoms with Gasteiger partial charge in [0.15, 0.2) is 0 Å². The molecule has 0 saturated carbocycles. The zero-order chi connectivity index (χ0) is 18.5. The van der Waals surface area contributed by atoms with Gasteiger partial charge in [0.25, 0.3) is 0 Å². The molecule has 27 heavy (non-hydrogen) atoms. The van der Waals surface area contributed by atoms with Gasteiger partial charge in [-0.25, -0.2) is 0 Å². The zero-order valence-corrected chi connectivity index (χ0v) is 16.3. The predicted octanol–water partition coefficient (Wildman–Crippen LogP) is 2.88. The number of piperidine rings is 1. The second-order valence-electron chi connectivity index (χ2n) is 7.58. The van der Waals surface area contributed by atoms with Crippen molar-refractivity contribution in [1.82, 2.24) is 14.8 Å². The summed E-state index contributed by atoms with van der Waals surface area (Å²) in [6, 6.07) is 13.3. The summed E-state index contributed by atoms with van der Waals surface area (Å²) in [6.07, 6.45) is 6.41. The molecule has 2 saturated heterocycles. The molecule has 2 aliphatic rings. The second-order valence-corrected chi connectivity index (χ2v) is 7.58. The van der Waals surface area contributed by atoms with Crippen LogP contribution in [0.3, 0.4) is 0 Å². The Morgan fingerprint density at radius 2 is 1.78 bits per heavy atom. The van der Waals surface area contributed by atoms with Crippen molar-refractivity contribution in [3.63, 3.8) is 0 Å². The highest BCUT2D eigenvalue weighted by molar-refractivity contribution is 5.58. The minimum atomic E-state index is 0.681. The Balaban J connectivity index is 1.32. The summed E-state index contributed by atoms with van der Waals surface area (Å²) < 4.78 is 5.55. The molecular formula is C22H30N4O. The van der Waals surface area contributed by atoms with Gasteiger partial charge in [-0.1, -0.05) is 12.1 Å². The summed E-state index contributed by atoms with van der Waals surface area (Å²) in [7, 11) is 1.76. The maximum absolute atomic E-state index is 5.55. The Kier molecular flexibility index (Phi) is 5.90. The van der Waals surface area contributed by atoms with Crippen molar-refractivity contribution >= 4 is 5.69 Å². The Morgan fingerprint density at radius 1 is 1.00 bits per heavy atom. The van der Waals surface area contributed by atoms with Gasteiger partial charge in [-0.3, -0.25) is 14.8 Å². The average Bonchev–Trinajstić information content (AvgIpc) is 2.75. The number of pyridine rings is 1. The molecular weight excluding hydrogens is 336 g/mol. The minimum absolute atomic E-state index is 0.681. The van der Waals surface area contributed by atoms with Gasteiger partial charge >= 0.3 is 0 Å². The minimum Gasteiger partial charge on any atom is -0.495 e. The van der Waals surface area contributed by atoms with E-state index < -0.39 is 0 Å². The zero-order valence-electron chi connectivity index (χ0n) is 16.3. The monoisotopic (exact) mass is 366 g/mol. The third-order valence-electron chi connectivity index (χ3n) is 5.89. The van der Waals surface area contributed by atoms with Crippen LogP contribution in [0.4, 0.5) is 5.69 Å². The topological polar surface area (TPSA) is 31.8 Å². The van der Waals surface area contributed by atoms with Crippen LogP contribution >= 0.6 is 0 Å². The highest BCUT2D eigenvalue weighted by Crippen LogP contribution is 2.29. The lowest BCUT2D eigenvalue weighted by Gasteiger charge is -2.44. The largest absolute Gasteiger partial charge is 0.495 e. The molecule has 0 spiro atoms. The molecule has 0 aliphatic carbocycles. The number of piperazine rings is 1. The van der Waals surface area contributed by atoms with Crippen LogP contribution in [0.2, 0.25) is 0 Å². The van der Waals surface area contributed by atoms with Crippen molar-refractivity contribution in [2.45, 2.75) is 25.4 Å². The molecule has 3 heterocycles. The average molecular weight is 367 g/mol. The molecule has 2 aromatic rings. The summed E-state index contributed by atoms with van der Waals surface area (Å²) in [4.78, 5) is 11.9. The van der Waals surface area contributed by atoms with Gasteiger partial charge in [0, 0.05) is 57.7 Å². The van der Waals surface area contributed by atoms with Crippen LogP contribution in [0.25, 0.3) is 0 Å². The van der Waals surface area contributed by atoms with Crippen molar-refractivity contribution < 1.29 is 4.74 Å². The SMILES string of the molecule is COc1ccccc1N1CCN([C@@H]2CCCN(Cc3ccncc3)C2)CC1. The Hall–Kier alpha value is -2.11. The van der Waals surface area contributed by atoms with Crippen molar-refractivity contribution in [2.24, 2.45) is 0 Å². The van der Waals surface area contributed by atoms with E-state index in [0.717, 1.165) is 38.5 Å². The van der Waals surface area contributed by atoms with Crippen molar-refractivity contribution in [3.05, 3.63) is 54.4 Å². The first-order valence-electron chi connectivity index (χ1n) is 10.1. The molecule has 5 heteroatoms. The van der Waals surface area contributed by atoms with Gasteiger partial charge in [0.1, 0.15) is 5.75 Å². The molecule has 0 N–H and O–H groups in total. The molecule has 0 radical (unpaired) electrons. The molecule has 1 aromatic carbocycles. The number of aromatic nitrogens is 1. The van der Waals surface area contributed by atoms with Gasteiger partial charge in [-0.05, 0) is 49.2 Å². The van der Waals surface area contributed by atoms with E-state index in [2.05, 4.69) is 50.0 Å². The van der Waals surface area contributed by atoms with E-state index in [-0.39, 0.29) is 0 Å². The van der Waals surface area contributed by atoms with E-state index in [1.807, 2.05) is 18.5 Å². The molecule has 2 fully saturated rings. The Bertz CT molecular complexity index is 715. The summed E-state index contributed by atoms with van der Waals surface area (Å²) in [6.45, 7) is 7.83. The maximum atomic E-state index is 5.55. The lowest BCUT2D eigenvalue weighted by molar-refractivity contribution is 0.0887. The summed E-state index contributed by atoms with van der Waals surface area (Å²) in [5.41, 5.74) is 2.59. The lowest BCUT2D eigenvalue weighted by atomic mass is 10.0. The molecule has 2 aliphatic heterocycles.